The average Bonchev–Trinajstić information content (AvgIpc) is 2.60. The second-order valence-electron chi connectivity index (χ2n) is 7.51. The molecular formula is C17H32N2. The van der Waals surface area contributed by atoms with E-state index >= 15 is 0 Å². The molecule has 0 aromatic heterocycles. The first kappa shape index (κ1) is 13.9. The van der Waals surface area contributed by atoms with E-state index < -0.39 is 0 Å². The van der Waals surface area contributed by atoms with E-state index in [0.717, 1.165) is 12.0 Å². The first-order valence-electron chi connectivity index (χ1n) is 8.77. The van der Waals surface area contributed by atoms with Gasteiger partial charge in [-0.2, -0.15) is 0 Å². The van der Waals surface area contributed by atoms with E-state index in [1.54, 1.807) is 0 Å². The fourth-order valence-electron chi connectivity index (χ4n) is 4.69. The predicted molar refractivity (Wildman–Crippen MR) is 81.4 cm³/mol. The molecule has 0 radical (unpaired) electrons. The highest BCUT2D eigenvalue weighted by molar-refractivity contribution is 4.98. The smallest absolute Gasteiger partial charge is 0.0308 e. The van der Waals surface area contributed by atoms with Crippen LogP contribution in [0.4, 0.5) is 0 Å². The lowest BCUT2D eigenvalue weighted by molar-refractivity contribution is 0.143. The highest BCUT2D eigenvalue weighted by Gasteiger charge is 2.38. The molecule has 2 saturated carbocycles. The lowest BCUT2D eigenvalue weighted by atomic mass is 9.95. The molecular weight excluding hydrogens is 232 g/mol. The lowest BCUT2D eigenvalue weighted by Crippen LogP contribution is -2.51. The normalized spacial score (nSPS) is 37.1. The summed E-state index contributed by atoms with van der Waals surface area (Å²) in [7, 11) is 0. The maximum atomic E-state index is 3.91. The van der Waals surface area contributed by atoms with Crippen LogP contribution in [0.2, 0.25) is 0 Å². The van der Waals surface area contributed by atoms with Crippen LogP contribution in [-0.2, 0) is 0 Å². The van der Waals surface area contributed by atoms with Gasteiger partial charge in [0.1, 0.15) is 0 Å². The Balaban J connectivity index is 1.65. The Bertz CT molecular complexity index is 283. The van der Waals surface area contributed by atoms with Crippen LogP contribution in [0.5, 0.6) is 0 Å². The van der Waals surface area contributed by atoms with Gasteiger partial charge < -0.3 is 5.32 Å². The van der Waals surface area contributed by atoms with Crippen molar-refractivity contribution in [3.8, 4) is 0 Å². The lowest BCUT2D eigenvalue weighted by Gasteiger charge is -2.37. The van der Waals surface area contributed by atoms with E-state index in [1.165, 1.54) is 83.8 Å². The van der Waals surface area contributed by atoms with Crippen molar-refractivity contribution in [3.05, 3.63) is 0 Å². The molecule has 2 nitrogen and oxygen atoms in total. The summed E-state index contributed by atoms with van der Waals surface area (Å²) in [6.45, 7) is 6.38. The van der Waals surface area contributed by atoms with Gasteiger partial charge in [-0.3, -0.25) is 4.90 Å². The van der Waals surface area contributed by atoms with Gasteiger partial charge in [0, 0.05) is 18.1 Å². The molecule has 3 fully saturated rings. The third kappa shape index (κ3) is 3.33. The van der Waals surface area contributed by atoms with Gasteiger partial charge in [0.05, 0.1) is 0 Å². The van der Waals surface area contributed by atoms with Gasteiger partial charge in [0.2, 0.25) is 0 Å². The Kier molecular flexibility index (Phi) is 4.48. The molecule has 0 bridgehead atoms. The van der Waals surface area contributed by atoms with Crippen molar-refractivity contribution in [2.45, 2.75) is 82.7 Å². The molecule has 3 rings (SSSR count). The SMILES string of the molecule is CC1CCCC(N2CCCNC3(CCCC3)C2)CC1. The average molecular weight is 264 g/mol. The molecule has 3 aliphatic rings. The Morgan fingerprint density at radius 3 is 2.63 bits per heavy atom. The minimum Gasteiger partial charge on any atom is -0.310 e. The fraction of sp³-hybridized carbons (Fsp3) is 1.00. The second kappa shape index (κ2) is 6.13. The summed E-state index contributed by atoms with van der Waals surface area (Å²) in [5.74, 6) is 0.968. The molecule has 0 aromatic carbocycles. The van der Waals surface area contributed by atoms with Gasteiger partial charge in [0.15, 0.2) is 0 Å². The highest BCUT2D eigenvalue weighted by Crippen LogP contribution is 2.34. The molecule has 19 heavy (non-hydrogen) atoms. The Labute approximate surface area is 119 Å². The first-order valence-corrected chi connectivity index (χ1v) is 8.77. The minimum atomic E-state index is 0.494. The highest BCUT2D eigenvalue weighted by atomic mass is 15.2. The van der Waals surface area contributed by atoms with Crippen LogP contribution < -0.4 is 5.32 Å². The third-order valence-corrected chi connectivity index (χ3v) is 5.93. The van der Waals surface area contributed by atoms with Gasteiger partial charge in [-0.15, -0.1) is 0 Å². The van der Waals surface area contributed by atoms with E-state index in [4.69, 9.17) is 0 Å². The van der Waals surface area contributed by atoms with Gasteiger partial charge in [-0.25, -0.2) is 0 Å². The van der Waals surface area contributed by atoms with Crippen molar-refractivity contribution < 1.29 is 0 Å². The molecule has 2 atom stereocenters. The fourth-order valence-corrected chi connectivity index (χ4v) is 4.69. The summed E-state index contributed by atoms with van der Waals surface area (Å²) in [6.07, 6.45) is 14.4. The standard InChI is InChI=1S/C17H32N2/c1-15-6-4-7-16(9-8-15)19-13-5-12-18-17(14-19)10-2-3-11-17/h15-16,18H,2-14H2,1H3. The van der Waals surface area contributed by atoms with E-state index in [2.05, 4.69) is 17.1 Å². The van der Waals surface area contributed by atoms with Crippen LogP contribution in [0, 0.1) is 5.92 Å². The van der Waals surface area contributed by atoms with Crippen molar-refractivity contribution in [3.63, 3.8) is 0 Å². The summed E-state index contributed by atoms with van der Waals surface area (Å²) in [4.78, 5) is 2.88. The van der Waals surface area contributed by atoms with E-state index in [9.17, 15) is 0 Å². The third-order valence-electron chi connectivity index (χ3n) is 5.93. The summed E-state index contributed by atoms with van der Waals surface area (Å²) < 4.78 is 0. The Hall–Kier alpha value is -0.0800. The van der Waals surface area contributed by atoms with Crippen LogP contribution in [0.1, 0.15) is 71.1 Å². The molecule has 2 aliphatic carbocycles. The molecule has 1 spiro atoms. The number of nitrogens with zero attached hydrogens (tertiary/aromatic N) is 1. The van der Waals surface area contributed by atoms with E-state index in [1.807, 2.05) is 0 Å². The largest absolute Gasteiger partial charge is 0.310 e. The molecule has 1 N–H and O–H groups in total. The number of hydrogen-bond acceptors (Lipinski definition) is 2. The zero-order valence-corrected chi connectivity index (χ0v) is 12.8. The van der Waals surface area contributed by atoms with Crippen LogP contribution in [-0.4, -0.2) is 36.1 Å². The van der Waals surface area contributed by atoms with Crippen LogP contribution in [0.25, 0.3) is 0 Å². The van der Waals surface area contributed by atoms with Crippen molar-refractivity contribution in [1.82, 2.24) is 10.2 Å². The molecule has 1 saturated heterocycles. The van der Waals surface area contributed by atoms with Gasteiger partial charge in [0.25, 0.3) is 0 Å². The Morgan fingerprint density at radius 1 is 0.947 bits per heavy atom. The first-order chi connectivity index (χ1) is 9.27. The van der Waals surface area contributed by atoms with Gasteiger partial charge >= 0.3 is 0 Å². The van der Waals surface area contributed by atoms with Crippen LogP contribution >= 0.6 is 0 Å². The number of rotatable bonds is 1. The number of nitrogens with one attached hydrogen (secondary N) is 1. The monoisotopic (exact) mass is 264 g/mol. The zero-order valence-electron chi connectivity index (χ0n) is 12.8. The van der Waals surface area contributed by atoms with Crippen molar-refractivity contribution in [2.75, 3.05) is 19.6 Å². The molecule has 1 heterocycles. The van der Waals surface area contributed by atoms with E-state index in [-0.39, 0.29) is 0 Å². The predicted octanol–water partition coefficient (Wildman–Crippen LogP) is 3.56. The van der Waals surface area contributed by atoms with Crippen molar-refractivity contribution in [2.24, 2.45) is 5.92 Å². The summed E-state index contributed by atoms with van der Waals surface area (Å²) in [6, 6.07) is 0.891. The maximum Gasteiger partial charge on any atom is 0.0308 e. The molecule has 2 heteroatoms. The second-order valence-corrected chi connectivity index (χ2v) is 7.51. The summed E-state index contributed by atoms with van der Waals surface area (Å²) in [5.41, 5.74) is 0.494. The summed E-state index contributed by atoms with van der Waals surface area (Å²) in [5, 5.41) is 3.91. The van der Waals surface area contributed by atoms with Crippen LogP contribution in [0.3, 0.4) is 0 Å². The molecule has 2 unspecified atom stereocenters. The quantitative estimate of drug-likeness (QED) is 0.729. The molecule has 0 aromatic rings. The molecule has 110 valence electrons. The van der Waals surface area contributed by atoms with Gasteiger partial charge in [-0.1, -0.05) is 32.6 Å². The minimum absolute atomic E-state index is 0.494. The maximum absolute atomic E-state index is 3.91. The topological polar surface area (TPSA) is 15.3 Å². The summed E-state index contributed by atoms with van der Waals surface area (Å²) >= 11 is 0. The van der Waals surface area contributed by atoms with Crippen molar-refractivity contribution >= 4 is 0 Å². The molecule has 1 aliphatic heterocycles. The number of hydrogen-bond donors (Lipinski definition) is 1. The molecule has 0 amide bonds. The van der Waals surface area contributed by atoms with Crippen LogP contribution in [0.15, 0.2) is 0 Å². The van der Waals surface area contributed by atoms with E-state index in [0.29, 0.717) is 5.54 Å². The zero-order chi connectivity index (χ0) is 13.1. The van der Waals surface area contributed by atoms with Crippen molar-refractivity contribution in [1.29, 1.82) is 0 Å². The Morgan fingerprint density at radius 2 is 1.79 bits per heavy atom. The van der Waals surface area contributed by atoms with Gasteiger partial charge in [-0.05, 0) is 57.5 Å².